The third kappa shape index (κ3) is 5.00. The molecule has 0 aliphatic rings. The summed E-state index contributed by atoms with van der Waals surface area (Å²) in [5, 5.41) is 0. The average molecular weight is 316 g/mol. The molecule has 1 aromatic carbocycles. The summed E-state index contributed by atoms with van der Waals surface area (Å²) >= 11 is 5.48. The van der Waals surface area contributed by atoms with Crippen molar-refractivity contribution in [1.29, 1.82) is 0 Å². The van der Waals surface area contributed by atoms with Gasteiger partial charge in [0.25, 0.3) is 0 Å². The number of halogens is 1. The van der Waals surface area contributed by atoms with Gasteiger partial charge in [-0.15, -0.1) is 11.6 Å². The van der Waals surface area contributed by atoms with Crippen LogP contribution in [0.1, 0.15) is 12.5 Å². The predicted octanol–water partition coefficient (Wildman–Crippen LogP) is 1.41. The highest BCUT2D eigenvalue weighted by Gasteiger charge is 2.45. The van der Waals surface area contributed by atoms with E-state index in [0.29, 0.717) is 0 Å². The van der Waals surface area contributed by atoms with Gasteiger partial charge in [0.2, 0.25) is 0 Å². The first-order chi connectivity index (χ1) is 10.0. The first-order valence-electron chi connectivity index (χ1n) is 6.30. The minimum Gasteiger partial charge on any atom is -0.460 e. The molecule has 21 heavy (non-hydrogen) atoms. The number of alkyl halides is 1. The molecule has 1 unspecified atom stereocenters. The number of rotatable bonds is 8. The SMILES string of the molecule is CC(COCCCl)(C(=O)ON)C(=O)OCc1ccccc1. The molecule has 0 spiro atoms. The Bertz CT molecular complexity index is 468. The van der Waals surface area contributed by atoms with E-state index in [2.05, 4.69) is 4.84 Å². The molecule has 0 saturated carbocycles. The molecule has 0 heterocycles. The van der Waals surface area contributed by atoms with E-state index in [0.717, 1.165) is 5.56 Å². The number of benzene rings is 1. The summed E-state index contributed by atoms with van der Waals surface area (Å²) in [7, 11) is 0. The van der Waals surface area contributed by atoms with Gasteiger partial charge >= 0.3 is 11.9 Å². The van der Waals surface area contributed by atoms with Crippen LogP contribution in [0.25, 0.3) is 0 Å². The number of esters is 1. The average Bonchev–Trinajstić information content (AvgIpc) is 2.52. The van der Waals surface area contributed by atoms with E-state index in [9.17, 15) is 9.59 Å². The number of ether oxygens (including phenoxy) is 2. The molecule has 116 valence electrons. The van der Waals surface area contributed by atoms with Crippen molar-refractivity contribution in [2.24, 2.45) is 11.3 Å². The molecule has 1 aromatic rings. The third-order valence-electron chi connectivity index (χ3n) is 2.83. The molecule has 0 saturated heterocycles. The van der Waals surface area contributed by atoms with Gasteiger partial charge in [0, 0.05) is 5.88 Å². The van der Waals surface area contributed by atoms with Crippen LogP contribution in [0.5, 0.6) is 0 Å². The zero-order valence-electron chi connectivity index (χ0n) is 11.7. The van der Waals surface area contributed by atoms with Crippen LogP contribution in [0.4, 0.5) is 0 Å². The smallest absolute Gasteiger partial charge is 0.344 e. The molecule has 0 amide bonds. The van der Waals surface area contributed by atoms with Gasteiger partial charge in [-0.1, -0.05) is 30.3 Å². The Balaban J connectivity index is 2.68. The molecule has 1 rings (SSSR count). The van der Waals surface area contributed by atoms with Gasteiger partial charge in [0.05, 0.1) is 13.2 Å². The van der Waals surface area contributed by atoms with Crippen LogP contribution in [0.15, 0.2) is 30.3 Å². The lowest BCUT2D eigenvalue weighted by molar-refractivity contribution is -0.176. The maximum atomic E-state index is 12.1. The van der Waals surface area contributed by atoms with Gasteiger partial charge in [0.1, 0.15) is 6.61 Å². The topological polar surface area (TPSA) is 87.9 Å². The summed E-state index contributed by atoms with van der Waals surface area (Å²) in [5.74, 6) is 3.42. The van der Waals surface area contributed by atoms with Gasteiger partial charge in [-0.2, -0.15) is 5.90 Å². The van der Waals surface area contributed by atoms with Crippen LogP contribution in [-0.4, -0.2) is 31.0 Å². The van der Waals surface area contributed by atoms with Crippen LogP contribution in [0.2, 0.25) is 0 Å². The highest BCUT2D eigenvalue weighted by molar-refractivity contribution is 6.17. The fourth-order valence-corrected chi connectivity index (χ4v) is 1.65. The highest BCUT2D eigenvalue weighted by atomic mass is 35.5. The molecule has 0 aromatic heterocycles. The highest BCUT2D eigenvalue weighted by Crippen LogP contribution is 2.22. The maximum Gasteiger partial charge on any atom is 0.344 e. The Morgan fingerprint density at radius 1 is 1.24 bits per heavy atom. The lowest BCUT2D eigenvalue weighted by Gasteiger charge is -2.23. The molecule has 0 fully saturated rings. The Morgan fingerprint density at radius 2 is 1.90 bits per heavy atom. The number of nitrogens with two attached hydrogens (primary N) is 1. The first kappa shape index (κ1) is 17.4. The normalized spacial score (nSPS) is 13.3. The molecule has 0 aliphatic heterocycles. The summed E-state index contributed by atoms with van der Waals surface area (Å²) in [4.78, 5) is 28.0. The van der Waals surface area contributed by atoms with E-state index in [4.69, 9.17) is 27.0 Å². The van der Waals surface area contributed by atoms with Gasteiger partial charge in [-0.3, -0.25) is 4.79 Å². The van der Waals surface area contributed by atoms with Crippen molar-refractivity contribution in [2.45, 2.75) is 13.5 Å². The molecule has 2 N–H and O–H groups in total. The fourth-order valence-electron chi connectivity index (χ4n) is 1.54. The van der Waals surface area contributed by atoms with Crippen LogP contribution < -0.4 is 5.90 Å². The zero-order valence-corrected chi connectivity index (χ0v) is 12.5. The molecule has 0 radical (unpaired) electrons. The molecular weight excluding hydrogens is 298 g/mol. The molecule has 0 aliphatic carbocycles. The molecule has 7 heteroatoms. The largest absolute Gasteiger partial charge is 0.460 e. The molecule has 0 bridgehead atoms. The van der Waals surface area contributed by atoms with E-state index in [1.807, 2.05) is 18.2 Å². The number of hydrogen-bond donors (Lipinski definition) is 1. The summed E-state index contributed by atoms with van der Waals surface area (Å²) in [6.07, 6.45) is 0. The van der Waals surface area contributed by atoms with Crippen molar-refractivity contribution in [3.8, 4) is 0 Å². The lowest BCUT2D eigenvalue weighted by atomic mass is 9.92. The van der Waals surface area contributed by atoms with Crippen molar-refractivity contribution in [3.05, 3.63) is 35.9 Å². The molecule has 1 atom stereocenters. The van der Waals surface area contributed by atoms with Gasteiger partial charge < -0.3 is 14.3 Å². The van der Waals surface area contributed by atoms with Crippen molar-refractivity contribution in [1.82, 2.24) is 0 Å². The molecule has 6 nitrogen and oxygen atoms in total. The van der Waals surface area contributed by atoms with E-state index in [-0.39, 0.29) is 25.7 Å². The van der Waals surface area contributed by atoms with Gasteiger partial charge in [-0.25, -0.2) is 4.79 Å². The number of carbonyl (C=O) groups is 2. The minimum absolute atomic E-state index is 0.0443. The van der Waals surface area contributed by atoms with Crippen LogP contribution >= 0.6 is 11.6 Å². The zero-order chi connectivity index (χ0) is 15.7. The Morgan fingerprint density at radius 3 is 2.48 bits per heavy atom. The second-order valence-corrected chi connectivity index (χ2v) is 4.92. The Hall–Kier alpha value is -1.63. The predicted molar refractivity (Wildman–Crippen MR) is 76.2 cm³/mol. The van der Waals surface area contributed by atoms with Gasteiger partial charge in [-0.05, 0) is 12.5 Å². The summed E-state index contributed by atoms with van der Waals surface area (Å²) in [6.45, 7) is 1.37. The van der Waals surface area contributed by atoms with Crippen LogP contribution in [-0.2, 0) is 30.5 Å². The standard InChI is InChI=1S/C14H18ClNO5/c1-14(13(18)21-16,10-19-8-7-15)12(17)20-9-11-5-3-2-4-6-11/h2-6H,7-10,16H2,1H3. The second-order valence-electron chi connectivity index (χ2n) is 4.54. The molecular formula is C14H18ClNO5. The van der Waals surface area contributed by atoms with Crippen molar-refractivity contribution in [3.63, 3.8) is 0 Å². The monoisotopic (exact) mass is 315 g/mol. The fraction of sp³-hybridized carbons (Fsp3) is 0.429. The van der Waals surface area contributed by atoms with Crippen molar-refractivity contribution in [2.75, 3.05) is 19.1 Å². The minimum atomic E-state index is -1.63. The van der Waals surface area contributed by atoms with E-state index in [1.165, 1.54) is 6.92 Å². The summed E-state index contributed by atoms with van der Waals surface area (Å²) in [6, 6.07) is 9.09. The van der Waals surface area contributed by atoms with Crippen molar-refractivity contribution >= 4 is 23.5 Å². The Labute approximate surface area is 128 Å². The summed E-state index contributed by atoms with van der Waals surface area (Å²) in [5.41, 5.74) is -0.828. The number of hydrogen-bond acceptors (Lipinski definition) is 6. The van der Waals surface area contributed by atoms with Gasteiger partial charge in [0.15, 0.2) is 5.41 Å². The maximum absolute atomic E-state index is 12.1. The lowest BCUT2D eigenvalue weighted by Crippen LogP contribution is -2.44. The second kappa shape index (κ2) is 8.61. The van der Waals surface area contributed by atoms with Crippen molar-refractivity contribution < 1.29 is 23.9 Å². The summed E-state index contributed by atoms with van der Waals surface area (Å²) < 4.78 is 10.3. The first-order valence-corrected chi connectivity index (χ1v) is 6.84. The van der Waals surface area contributed by atoms with E-state index < -0.39 is 17.4 Å². The Kier molecular flexibility index (Phi) is 7.14. The van der Waals surface area contributed by atoms with E-state index >= 15 is 0 Å². The van der Waals surface area contributed by atoms with E-state index in [1.54, 1.807) is 12.1 Å². The van der Waals surface area contributed by atoms with Crippen LogP contribution in [0, 0.1) is 5.41 Å². The quantitative estimate of drug-likeness (QED) is 0.256. The third-order valence-corrected chi connectivity index (χ3v) is 2.99. The number of carbonyl (C=O) groups excluding carboxylic acids is 2. The van der Waals surface area contributed by atoms with Crippen LogP contribution in [0.3, 0.4) is 0 Å².